The Hall–Kier alpha value is -15.4. The Labute approximate surface area is 726 Å². The summed E-state index contributed by atoms with van der Waals surface area (Å²) in [7, 11) is 0. The van der Waals surface area contributed by atoms with Crippen molar-refractivity contribution in [2.75, 3.05) is 9.80 Å². The number of pyridine rings is 2. The largest absolute Gasteiger partial charge is 1.00 e. The third-order valence-electron chi connectivity index (χ3n) is 18.8. The summed E-state index contributed by atoms with van der Waals surface area (Å²) in [5.41, 5.74) is 20.3. The fraction of sp³-hybridized carbons (Fsp3) is 0. The van der Waals surface area contributed by atoms with Gasteiger partial charge in [0.1, 0.15) is 34.8 Å². The molecule has 0 bridgehead atoms. The SMILES string of the molecule is [C-]#[N+]c1nc2c(nc1C#N)c1nc(C#N)c(C#N)nc1c1nc([N+]#[C-])c([N+]#[C-])nc21.[CH3-].[Ir].[Li+].[Li+].[O-]c1cccc2ccc[nH+]c12.[c-]1ccccc1-c1ccccn1.c1ccc(-c2ccc(N(c3ccc(-c4ccccc4)cc3)c3ccc(-c4ccc(N(c5ccc(-c6ccccc6)cc5)c5ccc(-c6ccccc6)cc5)cc4)cc3)cc2)cc1. The molecule has 0 amide bonds. The first kappa shape index (κ1) is 84.5. The van der Waals surface area contributed by atoms with Gasteiger partial charge >= 0.3 is 43.5 Å². The number of anilines is 6. The molecule has 1 N–H and O–H groups in total. The van der Waals surface area contributed by atoms with Crippen LogP contribution in [0.3, 0.4) is 0 Å². The zero-order valence-electron chi connectivity index (χ0n) is 64.4. The molecule has 1 radical (unpaired) electrons. The number of nitriles is 3. The third kappa shape index (κ3) is 19.0. The van der Waals surface area contributed by atoms with Crippen molar-refractivity contribution in [3.63, 3.8) is 0 Å². The number of H-pyrrole nitrogens is 1. The number of aromatic nitrogens is 8. The average Bonchev–Trinajstić information content (AvgIpc) is 0.724. The molecule has 17 nitrogen and oxygen atoms in total. The summed E-state index contributed by atoms with van der Waals surface area (Å²) in [4.78, 5) is 46.1. The minimum absolute atomic E-state index is 0. The summed E-state index contributed by atoms with van der Waals surface area (Å²) < 4.78 is 0. The van der Waals surface area contributed by atoms with Crippen LogP contribution >= 0.6 is 0 Å². The van der Waals surface area contributed by atoms with Gasteiger partial charge in [-0.1, -0.05) is 238 Å². The second-order valence-electron chi connectivity index (χ2n) is 25.7. The molecule has 0 atom stereocenters. The number of aromatic amines is 1. The van der Waals surface area contributed by atoms with Gasteiger partial charge in [-0.2, -0.15) is 15.8 Å². The van der Waals surface area contributed by atoms with E-state index in [9.17, 15) is 20.9 Å². The molecule has 5 aromatic heterocycles. The topological polar surface area (TPSA) is 218 Å². The van der Waals surface area contributed by atoms with Crippen molar-refractivity contribution in [1.29, 1.82) is 15.8 Å². The number of nitrogens with one attached hydrogen (secondary N) is 1. The molecule has 0 unspecified atom stereocenters. The molecule has 20 heteroatoms. The van der Waals surface area contributed by atoms with Crippen molar-refractivity contribution < 1.29 is 67.9 Å². The maximum Gasteiger partial charge on any atom is 1.00 e. The van der Waals surface area contributed by atoms with Crippen LogP contribution in [0.5, 0.6) is 5.75 Å². The maximum absolute atomic E-state index is 11.1. The molecule has 555 valence electrons. The van der Waals surface area contributed by atoms with E-state index in [0.29, 0.717) is 5.52 Å². The predicted octanol–water partition coefficient (Wildman–Crippen LogP) is 17.5. The van der Waals surface area contributed by atoms with Crippen LogP contribution in [0.25, 0.3) is 125 Å². The number of rotatable bonds is 12. The average molecular weight is 1700 g/mol. The summed E-state index contributed by atoms with van der Waals surface area (Å²) in [6, 6.07) is 127. The van der Waals surface area contributed by atoms with E-state index < -0.39 is 0 Å². The van der Waals surface area contributed by atoms with Crippen LogP contribution in [0.15, 0.2) is 352 Å². The van der Waals surface area contributed by atoms with Crippen LogP contribution in [0.1, 0.15) is 17.1 Å². The zero-order chi connectivity index (χ0) is 78.8. The van der Waals surface area contributed by atoms with E-state index in [1.165, 1.54) is 44.5 Å². The monoisotopic (exact) mass is 1700 g/mol. The molecule has 0 aliphatic carbocycles. The Kier molecular flexibility index (Phi) is 28.5. The summed E-state index contributed by atoms with van der Waals surface area (Å²) in [5, 5.41) is 40.0. The van der Waals surface area contributed by atoms with Gasteiger partial charge in [0.15, 0.2) is 23.3 Å². The Balaban J connectivity index is 0.000000199. The van der Waals surface area contributed by atoms with Gasteiger partial charge in [-0.05, 0) is 158 Å². The van der Waals surface area contributed by atoms with Crippen molar-refractivity contribution in [2.45, 2.75) is 0 Å². The van der Waals surface area contributed by atoms with Crippen molar-refractivity contribution in [3.8, 4) is 90.8 Å². The van der Waals surface area contributed by atoms with E-state index in [0.717, 1.165) is 61.9 Å². The quantitative estimate of drug-likeness (QED) is 0.0632. The zero-order valence-corrected chi connectivity index (χ0v) is 66.8. The van der Waals surface area contributed by atoms with E-state index in [1.807, 2.05) is 60.7 Å². The number of para-hydroxylation sites is 1. The van der Waals surface area contributed by atoms with Gasteiger partial charge in [0, 0.05) is 71.9 Å². The van der Waals surface area contributed by atoms with Gasteiger partial charge < -0.3 is 41.9 Å². The summed E-state index contributed by atoms with van der Waals surface area (Å²) in [5.74, 6) is -0.845. The molecule has 18 aromatic rings. The number of hydrogen-bond donors (Lipinski definition) is 0. The molecule has 13 aromatic carbocycles. The van der Waals surface area contributed by atoms with Crippen LogP contribution in [-0.2, 0) is 20.1 Å². The second kappa shape index (κ2) is 40.1. The van der Waals surface area contributed by atoms with E-state index >= 15 is 0 Å². The van der Waals surface area contributed by atoms with Gasteiger partial charge in [0.2, 0.25) is 16.6 Å². The smallest absolute Gasteiger partial charge is 0.868 e. The Bertz CT molecular complexity index is 6040. The fourth-order valence-electron chi connectivity index (χ4n) is 13.2. The first-order valence-electron chi connectivity index (χ1n) is 36.1. The van der Waals surface area contributed by atoms with Crippen molar-refractivity contribution >= 4 is 95.6 Å². The Morgan fingerprint density at radius 2 is 0.630 bits per heavy atom. The first-order valence-corrected chi connectivity index (χ1v) is 36.1. The van der Waals surface area contributed by atoms with Crippen molar-refractivity contribution in [1.82, 2.24) is 34.9 Å². The molecule has 0 saturated carbocycles. The first-order chi connectivity index (χ1) is 56.7. The summed E-state index contributed by atoms with van der Waals surface area (Å²) in [6.45, 7) is 21.7. The molecule has 0 spiro atoms. The number of hydrogen-bond acceptors (Lipinski definition) is 13. The summed E-state index contributed by atoms with van der Waals surface area (Å²) in [6.07, 6.45) is 3.54. The van der Waals surface area contributed by atoms with E-state index in [2.05, 4.69) is 337 Å². The van der Waals surface area contributed by atoms with Gasteiger partial charge in [-0.3, -0.25) is 0 Å². The standard InChI is InChI=1S/C60H44N2.C18N12.C11H8N.C9H7NO.CH3.Ir.2Li/c1-5-13-45(14-6-1)49-21-33-55(34-22-49)61(56-35-23-50(24-36-56)46-15-7-2-8-16-46)59-41-29-53(30-42-59)54-31-43-60(44-32-54)62(57-37-25-51(26-38-57)47-17-9-3-10-18-47)58-39-27-52(28-40-58)48-19-11-4-12-20-48;1-22-16-9(6-21)27-12-10-11(26-8(5-20)7(4-19)25-10)14-15(13(12)28-16)30-18(24-3)17(23-2)29-14;1-2-6-10(7-3-1)11-8-4-5-9-12-11;11-8-5-1-3-7-4-2-6-10-9(7)8;;;;/h1-44H;;1-6,8-9H;1-6,11H;1H3;;;/q;;-1;;-1;;2*+1. The van der Waals surface area contributed by atoms with Crippen LogP contribution in [0.2, 0.25) is 0 Å². The normalized spacial score (nSPS) is 10.1. The molecule has 5 heterocycles. The minimum Gasteiger partial charge on any atom is -0.868 e. The molecule has 0 aliphatic heterocycles. The van der Waals surface area contributed by atoms with Gasteiger partial charge in [-0.25, -0.2) is 19.9 Å². The van der Waals surface area contributed by atoms with Crippen molar-refractivity contribution in [2.24, 2.45) is 0 Å². The Morgan fingerprint density at radius 1 is 0.328 bits per heavy atom. The second-order valence-corrected chi connectivity index (χ2v) is 25.7. The van der Waals surface area contributed by atoms with Gasteiger partial charge in [-0.15, -0.1) is 50.8 Å². The van der Waals surface area contributed by atoms with E-state index in [1.54, 1.807) is 42.7 Å². The van der Waals surface area contributed by atoms with E-state index in [-0.39, 0.29) is 139 Å². The molecule has 18 rings (SSSR count). The van der Waals surface area contributed by atoms with Crippen LogP contribution in [-0.4, -0.2) is 34.9 Å². The third-order valence-corrected chi connectivity index (χ3v) is 18.8. The molecule has 0 saturated heterocycles. The summed E-state index contributed by atoms with van der Waals surface area (Å²) >= 11 is 0. The van der Waals surface area contributed by atoms with Gasteiger partial charge in [0.25, 0.3) is 17.2 Å². The maximum atomic E-state index is 11.1. The Morgan fingerprint density at radius 3 is 0.933 bits per heavy atom. The van der Waals surface area contributed by atoms with E-state index in [4.69, 9.17) is 19.7 Å². The van der Waals surface area contributed by atoms with Crippen LogP contribution < -0.4 is 57.6 Å². The van der Waals surface area contributed by atoms with Crippen molar-refractivity contribution in [3.05, 3.63) is 417 Å². The molecular formula is C99H62IrLi2N16O. The predicted molar refractivity (Wildman–Crippen MR) is 457 cm³/mol. The minimum atomic E-state index is -0.298. The van der Waals surface area contributed by atoms with Crippen LogP contribution in [0.4, 0.5) is 51.6 Å². The molecular weight excluding hydrogens is 1640 g/mol. The molecule has 0 aliphatic rings. The molecule has 119 heavy (non-hydrogen) atoms. The molecule has 0 fully saturated rings. The number of fused-ring (bicyclic) bond motifs is 7. The van der Waals surface area contributed by atoms with Crippen LogP contribution in [0, 0.1) is 67.2 Å². The number of nitrogens with zero attached hydrogens (tertiary/aromatic N) is 15. The fourth-order valence-corrected chi connectivity index (χ4v) is 13.2. The number of benzene rings is 13. The van der Waals surface area contributed by atoms with Gasteiger partial charge in [0.05, 0.1) is 0 Å².